The summed E-state index contributed by atoms with van der Waals surface area (Å²) in [7, 11) is 0. The smallest absolute Gasteiger partial charge is 0.136 e. The van der Waals surface area contributed by atoms with Crippen molar-refractivity contribution in [2.45, 2.75) is 52.4 Å². The van der Waals surface area contributed by atoms with E-state index < -0.39 is 0 Å². The van der Waals surface area contributed by atoms with Crippen molar-refractivity contribution in [1.29, 1.82) is 0 Å². The zero-order chi connectivity index (χ0) is 10.1. The first-order chi connectivity index (χ1) is 6.22. The van der Waals surface area contributed by atoms with Gasteiger partial charge in [0.25, 0.3) is 0 Å². The second-order valence-corrected chi connectivity index (χ2v) is 4.45. The standard InChI is InChI=1S/C11H21BrO/c1-3-4-5-6-7-10(2)11(13)8-9-12/h10H,3-9H2,1-2H3. The van der Waals surface area contributed by atoms with Gasteiger partial charge in [-0.25, -0.2) is 0 Å². The maximum absolute atomic E-state index is 11.4. The summed E-state index contributed by atoms with van der Waals surface area (Å²) in [6.07, 6.45) is 6.83. The Morgan fingerprint density at radius 3 is 2.54 bits per heavy atom. The van der Waals surface area contributed by atoms with Gasteiger partial charge in [-0.3, -0.25) is 4.79 Å². The molecule has 0 saturated carbocycles. The molecule has 1 unspecified atom stereocenters. The van der Waals surface area contributed by atoms with E-state index in [2.05, 4.69) is 29.8 Å². The van der Waals surface area contributed by atoms with E-state index >= 15 is 0 Å². The third kappa shape index (κ3) is 7.24. The summed E-state index contributed by atoms with van der Waals surface area (Å²) >= 11 is 3.29. The highest BCUT2D eigenvalue weighted by Gasteiger charge is 2.10. The second-order valence-electron chi connectivity index (χ2n) is 3.66. The average molecular weight is 249 g/mol. The third-order valence-corrected chi connectivity index (χ3v) is 2.78. The highest BCUT2D eigenvalue weighted by atomic mass is 79.9. The summed E-state index contributed by atoms with van der Waals surface area (Å²) in [6.45, 7) is 4.26. The molecule has 0 aliphatic heterocycles. The summed E-state index contributed by atoms with van der Waals surface area (Å²) in [5, 5.41) is 0.811. The van der Waals surface area contributed by atoms with Crippen molar-refractivity contribution in [2.24, 2.45) is 5.92 Å². The van der Waals surface area contributed by atoms with Gasteiger partial charge in [0, 0.05) is 17.7 Å². The van der Waals surface area contributed by atoms with Crippen LogP contribution in [0.5, 0.6) is 0 Å². The van der Waals surface area contributed by atoms with Gasteiger partial charge in [0.2, 0.25) is 0 Å². The highest BCUT2D eigenvalue weighted by molar-refractivity contribution is 9.09. The monoisotopic (exact) mass is 248 g/mol. The van der Waals surface area contributed by atoms with Crippen LogP contribution < -0.4 is 0 Å². The molecule has 13 heavy (non-hydrogen) atoms. The Hall–Kier alpha value is 0.150. The molecule has 0 amide bonds. The number of carbonyl (C=O) groups is 1. The number of unbranched alkanes of at least 4 members (excludes halogenated alkanes) is 3. The lowest BCUT2D eigenvalue weighted by molar-refractivity contribution is -0.122. The van der Waals surface area contributed by atoms with Crippen LogP contribution in [0.4, 0.5) is 0 Å². The van der Waals surface area contributed by atoms with E-state index in [1.165, 1.54) is 25.7 Å². The molecule has 0 heterocycles. The summed E-state index contributed by atoms with van der Waals surface area (Å²) in [4.78, 5) is 11.4. The Labute approximate surface area is 90.4 Å². The van der Waals surface area contributed by atoms with Crippen molar-refractivity contribution < 1.29 is 4.79 Å². The fourth-order valence-electron chi connectivity index (χ4n) is 1.38. The van der Waals surface area contributed by atoms with E-state index in [4.69, 9.17) is 0 Å². The molecule has 78 valence electrons. The number of rotatable bonds is 8. The molecule has 0 radical (unpaired) electrons. The van der Waals surface area contributed by atoms with E-state index in [1.54, 1.807) is 0 Å². The van der Waals surface area contributed by atoms with Crippen molar-refractivity contribution in [1.82, 2.24) is 0 Å². The lowest BCUT2D eigenvalue weighted by Gasteiger charge is -2.08. The first-order valence-electron chi connectivity index (χ1n) is 5.31. The summed E-state index contributed by atoms with van der Waals surface area (Å²) < 4.78 is 0. The van der Waals surface area contributed by atoms with E-state index in [-0.39, 0.29) is 5.92 Å². The van der Waals surface area contributed by atoms with Crippen molar-refractivity contribution in [3.63, 3.8) is 0 Å². The maximum atomic E-state index is 11.4. The van der Waals surface area contributed by atoms with Crippen molar-refractivity contribution in [3.8, 4) is 0 Å². The predicted molar refractivity (Wildman–Crippen MR) is 61.3 cm³/mol. The molecule has 0 rings (SSSR count). The largest absolute Gasteiger partial charge is 0.299 e. The molecular weight excluding hydrogens is 228 g/mol. The van der Waals surface area contributed by atoms with Crippen molar-refractivity contribution in [2.75, 3.05) is 5.33 Å². The van der Waals surface area contributed by atoms with E-state index in [9.17, 15) is 4.79 Å². The molecule has 0 spiro atoms. The van der Waals surface area contributed by atoms with Crippen LogP contribution in [0.3, 0.4) is 0 Å². The van der Waals surface area contributed by atoms with Crippen LogP contribution >= 0.6 is 15.9 Å². The molecule has 0 aromatic rings. The van der Waals surface area contributed by atoms with Crippen LogP contribution in [0.1, 0.15) is 52.4 Å². The molecule has 0 N–H and O–H groups in total. The molecule has 1 nitrogen and oxygen atoms in total. The number of alkyl halides is 1. The fraction of sp³-hybridized carbons (Fsp3) is 0.909. The molecular formula is C11H21BrO. The summed E-state index contributed by atoms with van der Waals surface area (Å²) in [5.41, 5.74) is 0. The number of hydrogen-bond acceptors (Lipinski definition) is 1. The molecule has 1 atom stereocenters. The SMILES string of the molecule is CCCCCCC(C)C(=O)CCBr. The number of ketones is 1. The highest BCUT2D eigenvalue weighted by Crippen LogP contribution is 2.13. The Morgan fingerprint density at radius 1 is 1.31 bits per heavy atom. The fourth-order valence-corrected chi connectivity index (χ4v) is 1.77. The third-order valence-electron chi connectivity index (χ3n) is 2.38. The van der Waals surface area contributed by atoms with Crippen LogP contribution in [0.25, 0.3) is 0 Å². The van der Waals surface area contributed by atoms with Gasteiger partial charge in [-0.2, -0.15) is 0 Å². The number of carbonyl (C=O) groups excluding carboxylic acids is 1. The van der Waals surface area contributed by atoms with Gasteiger partial charge in [0.1, 0.15) is 5.78 Å². The van der Waals surface area contributed by atoms with E-state index in [1.807, 2.05) is 0 Å². The van der Waals surface area contributed by atoms with Gasteiger partial charge in [-0.1, -0.05) is 55.5 Å². The number of Topliss-reactive ketones (excluding diaryl/α,β-unsaturated/α-hetero) is 1. The van der Waals surface area contributed by atoms with Gasteiger partial charge in [0.05, 0.1) is 0 Å². The maximum Gasteiger partial charge on any atom is 0.136 e. The Morgan fingerprint density at radius 2 is 2.00 bits per heavy atom. The average Bonchev–Trinajstić information content (AvgIpc) is 2.12. The van der Waals surface area contributed by atoms with Gasteiger partial charge in [-0.15, -0.1) is 0 Å². The number of hydrogen-bond donors (Lipinski definition) is 0. The Kier molecular flexibility index (Phi) is 8.84. The zero-order valence-corrected chi connectivity index (χ0v) is 10.4. The lowest BCUT2D eigenvalue weighted by Crippen LogP contribution is -2.10. The van der Waals surface area contributed by atoms with Crippen LogP contribution in [-0.2, 0) is 4.79 Å². The van der Waals surface area contributed by atoms with Gasteiger partial charge in [-0.05, 0) is 6.42 Å². The van der Waals surface area contributed by atoms with Crippen molar-refractivity contribution >= 4 is 21.7 Å². The second kappa shape index (κ2) is 8.74. The Bertz CT molecular complexity index is 134. The molecule has 0 bridgehead atoms. The molecule has 0 fully saturated rings. The molecule has 0 aromatic carbocycles. The molecule has 0 aliphatic carbocycles. The van der Waals surface area contributed by atoms with Crippen LogP contribution in [0.2, 0.25) is 0 Å². The number of halogens is 1. The summed E-state index contributed by atoms with van der Waals surface area (Å²) in [6, 6.07) is 0. The predicted octanol–water partition coefficient (Wildman–Crippen LogP) is 3.95. The lowest BCUT2D eigenvalue weighted by atomic mass is 9.97. The minimum absolute atomic E-state index is 0.273. The van der Waals surface area contributed by atoms with Crippen LogP contribution in [0, 0.1) is 5.92 Å². The van der Waals surface area contributed by atoms with Gasteiger partial charge in [0.15, 0.2) is 0 Å². The molecule has 0 saturated heterocycles. The van der Waals surface area contributed by atoms with E-state index in [0.717, 1.165) is 11.8 Å². The Balaban J connectivity index is 3.38. The molecule has 2 heteroatoms. The van der Waals surface area contributed by atoms with Gasteiger partial charge >= 0.3 is 0 Å². The summed E-state index contributed by atoms with van der Waals surface area (Å²) in [5.74, 6) is 0.683. The normalized spacial score (nSPS) is 12.8. The van der Waals surface area contributed by atoms with Gasteiger partial charge < -0.3 is 0 Å². The van der Waals surface area contributed by atoms with Crippen LogP contribution in [-0.4, -0.2) is 11.1 Å². The zero-order valence-electron chi connectivity index (χ0n) is 8.81. The van der Waals surface area contributed by atoms with Crippen LogP contribution in [0.15, 0.2) is 0 Å². The minimum Gasteiger partial charge on any atom is -0.299 e. The first-order valence-corrected chi connectivity index (χ1v) is 6.43. The molecule has 0 aliphatic rings. The molecule has 0 aromatic heterocycles. The van der Waals surface area contributed by atoms with E-state index in [0.29, 0.717) is 12.2 Å². The first kappa shape index (κ1) is 13.2. The quantitative estimate of drug-likeness (QED) is 0.470. The topological polar surface area (TPSA) is 17.1 Å². The van der Waals surface area contributed by atoms with Crippen molar-refractivity contribution in [3.05, 3.63) is 0 Å². The minimum atomic E-state index is 0.273.